The third-order valence-corrected chi connectivity index (χ3v) is 4.80. The molecule has 0 radical (unpaired) electrons. The van der Waals surface area contributed by atoms with Gasteiger partial charge in [0.15, 0.2) is 17.3 Å². The minimum absolute atomic E-state index is 0.104. The number of hydrogen-bond donors (Lipinski definition) is 3. The van der Waals surface area contributed by atoms with Gasteiger partial charge in [-0.15, -0.1) is 0 Å². The van der Waals surface area contributed by atoms with E-state index in [9.17, 15) is 27.9 Å². The molecule has 8 nitrogen and oxygen atoms in total. The monoisotopic (exact) mass is 425 g/mol. The molecule has 3 atom stereocenters. The van der Waals surface area contributed by atoms with Crippen molar-refractivity contribution in [2.45, 2.75) is 17.9 Å². The SMILES string of the molecule is COc1ccc(C2NC(=O)NC(O)(C(F)(F)F)C2C(=O)c2cccnc2)cc1OC. The number of nitrogens with zero attached hydrogens (tertiary/aromatic N) is 1. The Balaban J connectivity index is 2.18. The number of rotatable bonds is 5. The first kappa shape index (κ1) is 21.4. The standard InChI is InChI=1S/C19H18F3N3O5/c1-29-12-6-5-10(8-13(12)30-2)15-14(16(26)11-4-3-7-23-9-11)18(28,19(20,21)22)25-17(27)24-15/h3-9,14-15,28H,1-2H3,(H2,24,25,27). The first-order valence-electron chi connectivity index (χ1n) is 8.66. The Hall–Kier alpha value is -3.34. The first-order valence-corrected chi connectivity index (χ1v) is 8.66. The van der Waals surface area contributed by atoms with Gasteiger partial charge in [-0.25, -0.2) is 4.79 Å². The van der Waals surface area contributed by atoms with Gasteiger partial charge in [0.2, 0.25) is 5.72 Å². The molecule has 0 bridgehead atoms. The number of ether oxygens (including phenoxy) is 2. The molecule has 30 heavy (non-hydrogen) atoms. The Kier molecular flexibility index (Phi) is 5.57. The lowest BCUT2D eigenvalue weighted by Crippen LogP contribution is -2.72. The number of pyridine rings is 1. The number of amides is 2. The zero-order chi connectivity index (χ0) is 22.1. The molecule has 11 heteroatoms. The van der Waals surface area contributed by atoms with Gasteiger partial charge in [0.05, 0.1) is 20.3 Å². The van der Waals surface area contributed by atoms with E-state index in [1.54, 1.807) is 0 Å². The number of Topliss-reactive ketones (excluding diaryl/α,β-unsaturated/α-hetero) is 1. The van der Waals surface area contributed by atoms with Crippen LogP contribution in [0.15, 0.2) is 42.7 Å². The second-order valence-electron chi connectivity index (χ2n) is 6.54. The van der Waals surface area contributed by atoms with E-state index in [2.05, 4.69) is 10.3 Å². The molecular weight excluding hydrogens is 407 g/mol. The summed E-state index contributed by atoms with van der Waals surface area (Å²) in [4.78, 5) is 28.9. The quantitative estimate of drug-likeness (QED) is 0.634. The van der Waals surface area contributed by atoms with Crippen molar-refractivity contribution >= 4 is 11.8 Å². The molecule has 2 aromatic rings. The van der Waals surface area contributed by atoms with Crippen molar-refractivity contribution in [3.63, 3.8) is 0 Å². The van der Waals surface area contributed by atoms with Crippen LogP contribution < -0.4 is 20.1 Å². The summed E-state index contributed by atoms with van der Waals surface area (Å²) in [6, 6.07) is 3.95. The van der Waals surface area contributed by atoms with E-state index in [1.165, 1.54) is 56.1 Å². The van der Waals surface area contributed by atoms with E-state index in [-0.39, 0.29) is 16.9 Å². The molecule has 160 valence electrons. The predicted octanol–water partition coefficient (Wildman–Crippen LogP) is 2.20. The van der Waals surface area contributed by atoms with E-state index in [0.29, 0.717) is 5.75 Å². The number of halogens is 3. The molecular formula is C19H18F3N3O5. The molecule has 1 fully saturated rings. The van der Waals surface area contributed by atoms with Gasteiger partial charge in [0.1, 0.15) is 5.92 Å². The lowest BCUT2D eigenvalue weighted by atomic mass is 9.77. The van der Waals surface area contributed by atoms with E-state index in [1.807, 2.05) is 0 Å². The van der Waals surface area contributed by atoms with Gasteiger partial charge >= 0.3 is 12.2 Å². The topological polar surface area (TPSA) is 110 Å². The second-order valence-corrected chi connectivity index (χ2v) is 6.54. The molecule has 2 amide bonds. The number of ketones is 1. The Morgan fingerprint density at radius 1 is 1.20 bits per heavy atom. The summed E-state index contributed by atoms with van der Waals surface area (Å²) in [5.74, 6) is -2.75. The number of alkyl halides is 3. The van der Waals surface area contributed by atoms with Gasteiger partial charge in [-0.2, -0.15) is 13.2 Å². The number of urea groups is 1. The Labute approximate surface area is 169 Å². The van der Waals surface area contributed by atoms with Gasteiger partial charge in [0.25, 0.3) is 0 Å². The molecule has 1 aliphatic heterocycles. The molecule has 2 heterocycles. The van der Waals surface area contributed by atoms with Crippen molar-refractivity contribution in [3.05, 3.63) is 53.9 Å². The fraction of sp³-hybridized carbons (Fsp3) is 0.316. The number of aliphatic hydroxyl groups is 1. The summed E-state index contributed by atoms with van der Waals surface area (Å²) >= 11 is 0. The van der Waals surface area contributed by atoms with Crippen LogP contribution in [-0.2, 0) is 0 Å². The van der Waals surface area contributed by atoms with Crippen LogP contribution >= 0.6 is 0 Å². The summed E-state index contributed by atoms with van der Waals surface area (Å²) in [6.07, 6.45) is -2.91. The maximum absolute atomic E-state index is 13.9. The molecule has 1 aliphatic rings. The number of hydrogen-bond acceptors (Lipinski definition) is 6. The number of carbonyl (C=O) groups is 2. The zero-order valence-electron chi connectivity index (χ0n) is 15.9. The van der Waals surface area contributed by atoms with E-state index >= 15 is 0 Å². The van der Waals surface area contributed by atoms with Gasteiger partial charge in [-0.05, 0) is 29.8 Å². The van der Waals surface area contributed by atoms with Crippen LogP contribution in [0.5, 0.6) is 11.5 Å². The van der Waals surface area contributed by atoms with Crippen LogP contribution in [0.3, 0.4) is 0 Å². The van der Waals surface area contributed by atoms with Crippen LogP contribution in [0.4, 0.5) is 18.0 Å². The van der Waals surface area contributed by atoms with Crippen molar-refractivity contribution in [2.24, 2.45) is 5.92 Å². The van der Waals surface area contributed by atoms with Gasteiger partial charge in [-0.1, -0.05) is 6.07 Å². The highest BCUT2D eigenvalue weighted by atomic mass is 19.4. The maximum Gasteiger partial charge on any atom is 0.437 e. The van der Waals surface area contributed by atoms with E-state index < -0.39 is 35.7 Å². The van der Waals surface area contributed by atoms with Crippen LogP contribution in [0.25, 0.3) is 0 Å². The summed E-state index contributed by atoms with van der Waals surface area (Å²) in [5, 5.41) is 14.3. The summed E-state index contributed by atoms with van der Waals surface area (Å²) < 4.78 is 51.9. The third-order valence-electron chi connectivity index (χ3n) is 4.80. The fourth-order valence-corrected chi connectivity index (χ4v) is 3.35. The largest absolute Gasteiger partial charge is 0.493 e. The fourth-order valence-electron chi connectivity index (χ4n) is 3.35. The van der Waals surface area contributed by atoms with Gasteiger partial charge in [0, 0.05) is 18.0 Å². The zero-order valence-corrected chi connectivity index (χ0v) is 15.9. The van der Waals surface area contributed by atoms with E-state index in [0.717, 1.165) is 6.20 Å². The Morgan fingerprint density at radius 2 is 1.90 bits per heavy atom. The molecule has 1 aromatic carbocycles. The normalized spacial score (nSPS) is 23.9. The molecule has 0 spiro atoms. The van der Waals surface area contributed by atoms with Crippen LogP contribution in [-0.4, -0.2) is 48.0 Å². The van der Waals surface area contributed by atoms with Crippen molar-refractivity contribution in [3.8, 4) is 11.5 Å². The molecule has 3 rings (SSSR count). The number of nitrogens with one attached hydrogen (secondary N) is 2. The lowest BCUT2D eigenvalue weighted by Gasteiger charge is -2.45. The summed E-state index contributed by atoms with van der Waals surface area (Å²) in [6.45, 7) is 0. The number of carbonyl (C=O) groups excluding carboxylic acids is 2. The lowest BCUT2D eigenvalue weighted by molar-refractivity contribution is -0.287. The Bertz CT molecular complexity index is 954. The van der Waals surface area contributed by atoms with Crippen LogP contribution in [0, 0.1) is 5.92 Å². The minimum Gasteiger partial charge on any atom is -0.493 e. The summed E-state index contributed by atoms with van der Waals surface area (Å²) in [7, 11) is 2.70. The average Bonchev–Trinajstić information content (AvgIpc) is 2.72. The summed E-state index contributed by atoms with van der Waals surface area (Å²) in [5.41, 5.74) is -3.87. The number of aromatic nitrogens is 1. The van der Waals surface area contributed by atoms with Crippen LogP contribution in [0.2, 0.25) is 0 Å². The highest BCUT2D eigenvalue weighted by Crippen LogP contribution is 2.45. The van der Waals surface area contributed by atoms with E-state index in [4.69, 9.17) is 9.47 Å². The molecule has 1 saturated heterocycles. The predicted molar refractivity (Wildman–Crippen MR) is 97.0 cm³/mol. The van der Waals surface area contributed by atoms with Crippen molar-refractivity contribution in [1.29, 1.82) is 0 Å². The second kappa shape index (κ2) is 7.82. The third kappa shape index (κ3) is 3.63. The van der Waals surface area contributed by atoms with Crippen molar-refractivity contribution in [1.82, 2.24) is 15.6 Å². The number of methoxy groups -OCH3 is 2. The highest BCUT2D eigenvalue weighted by Gasteiger charge is 2.66. The first-order chi connectivity index (χ1) is 14.1. The van der Waals surface area contributed by atoms with Crippen molar-refractivity contribution in [2.75, 3.05) is 14.2 Å². The van der Waals surface area contributed by atoms with Crippen LogP contribution in [0.1, 0.15) is 22.0 Å². The maximum atomic E-state index is 13.9. The van der Waals surface area contributed by atoms with Crippen molar-refractivity contribution < 1.29 is 37.3 Å². The van der Waals surface area contributed by atoms with Gasteiger partial charge < -0.3 is 25.2 Å². The highest BCUT2D eigenvalue weighted by molar-refractivity contribution is 6.00. The molecule has 0 aliphatic carbocycles. The molecule has 3 unspecified atom stereocenters. The Morgan fingerprint density at radius 3 is 2.47 bits per heavy atom. The minimum atomic E-state index is -5.35. The molecule has 1 aromatic heterocycles. The smallest absolute Gasteiger partial charge is 0.437 e. The average molecular weight is 425 g/mol. The molecule has 0 saturated carbocycles. The number of benzene rings is 1. The van der Waals surface area contributed by atoms with Gasteiger partial charge in [-0.3, -0.25) is 9.78 Å². The molecule has 3 N–H and O–H groups in total.